The zero-order valence-electron chi connectivity index (χ0n) is 19.5. The predicted molar refractivity (Wildman–Crippen MR) is 123 cm³/mol. The Morgan fingerprint density at radius 1 is 1.18 bits per heavy atom. The molecular formula is C25H29FN2O6. The molecule has 1 heterocycles. The van der Waals surface area contributed by atoms with E-state index in [0.29, 0.717) is 22.4 Å². The number of aliphatic hydroxyl groups excluding tert-OH is 1. The number of hydrogen-bond acceptors (Lipinski definition) is 6. The van der Waals surface area contributed by atoms with E-state index >= 15 is 0 Å². The van der Waals surface area contributed by atoms with E-state index in [1.807, 2.05) is 6.92 Å². The molecule has 182 valence electrons. The largest absolute Gasteiger partial charge is 0.496 e. The summed E-state index contributed by atoms with van der Waals surface area (Å²) in [5.41, 5.74) is 1.35. The fraction of sp³-hybridized carbons (Fsp3) is 0.440. The van der Waals surface area contributed by atoms with Gasteiger partial charge in [-0.2, -0.15) is 5.10 Å². The molecule has 2 aromatic carbocycles. The molecule has 0 saturated heterocycles. The molecule has 0 radical (unpaired) electrons. The summed E-state index contributed by atoms with van der Waals surface area (Å²) in [5, 5.41) is 25.5. The maximum absolute atomic E-state index is 13.9. The van der Waals surface area contributed by atoms with Crippen molar-refractivity contribution in [2.45, 2.75) is 57.5 Å². The fourth-order valence-corrected chi connectivity index (χ4v) is 4.57. The molecule has 0 bridgehead atoms. The maximum atomic E-state index is 13.9. The van der Waals surface area contributed by atoms with Crippen LogP contribution in [0.2, 0.25) is 0 Å². The molecule has 9 heteroatoms. The molecule has 2 N–H and O–H groups in total. The third kappa shape index (κ3) is 4.85. The molecule has 4 rings (SSSR count). The van der Waals surface area contributed by atoms with E-state index in [9.17, 15) is 19.4 Å². The molecule has 2 unspecified atom stereocenters. The minimum absolute atomic E-state index is 0.00546. The first-order valence-electron chi connectivity index (χ1n) is 11.3. The SMILES string of the molecule is COc1cc(C(O)C(Cn2cc3cc(F)cc(C(=O)O)c3n2)OC2CCCC2)cc(OC)c1C. The number of aromatic nitrogens is 2. The van der Waals surface area contributed by atoms with E-state index in [0.717, 1.165) is 37.3 Å². The molecular weight excluding hydrogens is 443 g/mol. The lowest BCUT2D eigenvalue weighted by atomic mass is 10.0. The highest BCUT2D eigenvalue weighted by Crippen LogP contribution is 2.35. The first-order chi connectivity index (χ1) is 16.3. The second-order valence-electron chi connectivity index (χ2n) is 8.62. The predicted octanol–water partition coefficient (Wildman–Crippen LogP) is 4.26. The number of aromatic carboxylic acids is 1. The summed E-state index contributed by atoms with van der Waals surface area (Å²) in [6, 6.07) is 5.70. The number of nitrogens with zero attached hydrogens (tertiary/aromatic N) is 2. The van der Waals surface area contributed by atoms with Crippen LogP contribution in [0.15, 0.2) is 30.5 Å². The molecule has 1 aliphatic carbocycles. The minimum Gasteiger partial charge on any atom is -0.496 e. The maximum Gasteiger partial charge on any atom is 0.338 e. The molecule has 34 heavy (non-hydrogen) atoms. The van der Waals surface area contributed by atoms with Gasteiger partial charge in [-0.25, -0.2) is 9.18 Å². The Kier molecular flexibility index (Phi) is 7.04. The number of halogens is 1. The Labute approximate surface area is 196 Å². The van der Waals surface area contributed by atoms with E-state index in [4.69, 9.17) is 14.2 Å². The van der Waals surface area contributed by atoms with Crippen molar-refractivity contribution in [3.63, 3.8) is 0 Å². The summed E-state index contributed by atoms with van der Waals surface area (Å²) in [6.07, 6.45) is 3.78. The molecule has 1 aromatic heterocycles. The lowest BCUT2D eigenvalue weighted by molar-refractivity contribution is -0.0845. The zero-order valence-corrected chi connectivity index (χ0v) is 19.5. The van der Waals surface area contributed by atoms with Crippen LogP contribution in [-0.2, 0) is 11.3 Å². The molecule has 1 aliphatic rings. The van der Waals surface area contributed by atoms with Crippen molar-refractivity contribution in [2.75, 3.05) is 14.2 Å². The number of aliphatic hydroxyl groups is 1. The number of carboxylic acid groups (broad SMARTS) is 1. The van der Waals surface area contributed by atoms with E-state index in [-0.39, 0.29) is 23.7 Å². The quantitative estimate of drug-likeness (QED) is 0.480. The van der Waals surface area contributed by atoms with Gasteiger partial charge in [-0.3, -0.25) is 4.68 Å². The van der Waals surface area contributed by atoms with Crippen LogP contribution in [0.1, 0.15) is 53.3 Å². The van der Waals surface area contributed by atoms with E-state index in [1.165, 1.54) is 10.7 Å². The number of benzene rings is 2. The van der Waals surface area contributed by atoms with Gasteiger partial charge in [-0.1, -0.05) is 12.8 Å². The number of ether oxygens (including phenoxy) is 3. The van der Waals surface area contributed by atoms with Gasteiger partial charge in [0.05, 0.1) is 32.4 Å². The highest BCUT2D eigenvalue weighted by atomic mass is 19.1. The van der Waals surface area contributed by atoms with Crippen molar-refractivity contribution in [1.82, 2.24) is 9.78 Å². The van der Waals surface area contributed by atoms with Crippen LogP contribution in [0, 0.1) is 12.7 Å². The second kappa shape index (κ2) is 9.99. The van der Waals surface area contributed by atoms with Gasteiger partial charge < -0.3 is 24.4 Å². The third-order valence-electron chi connectivity index (χ3n) is 6.36. The van der Waals surface area contributed by atoms with Crippen molar-refractivity contribution in [3.8, 4) is 11.5 Å². The van der Waals surface area contributed by atoms with Crippen LogP contribution in [0.5, 0.6) is 11.5 Å². The van der Waals surface area contributed by atoms with Crippen LogP contribution in [0.25, 0.3) is 10.9 Å². The van der Waals surface area contributed by atoms with Crippen molar-refractivity contribution < 1.29 is 33.6 Å². The number of carbonyl (C=O) groups is 1. The summed E-state index contributed by atoms with van der Waals surface area (Å²) in [6.45, 7) is 2.01. The van der Waals surface area contributed by atoms with Crippen LogP contribution in [-0.4, -0.2) is 52.4 Å². The second-order valence-corrected chi connectivity index (χ2v) is 8.62. The Bertz CT molecular complexity index is 1160. The number of methoxy groups -OCH3 is 2. The van der Waals surface area contributed by atoms with Crippen molar-refractivity contribution in [2.24, 2.45) is 0 Å². The summed E-state index contributed by atoms with van der Waals surface area (Å²) in [7, 11) is 3.11. The third-order valence-corrected chi connectivity index (χ3v) is 6.36. The lowest BCUT2D eigenvalue weighted by Crippen LogP contribution is -2.31. The van der Waals surface area contributed by atoms with Gasteiger partial charge in [0.15, 0.2) is 0 Å². The van der Waals surface area contributed by atoms with Crippen LogP contribution in [0.4, 0.5) is 4.39 Å². The molecule has 1 fully saturated rings. The Morgan fingerprint density at radius 3 is 2.41 bits per heavy atom. The lowest BCUT2D eigenvalue weighted by Gasteiger charge is -2.27. The monoisotopic (exact) mass is 472 g/mol. The van der Waals surface area contributed by atoms with Crippen molar-refractivity contribution >= 4 is 16.9 Å². The molecule has 8 nitrogen and oxygen atoms in total. The summed E-state index contributed by atoms with van der Waals surface area (Å²) in [5.74, 6) is -0.742. The normalized spacial score (nSPS) is 16.0. The summed E-state index contributed by atoms with van der Waals surface area (Å²) in [4.78, 5) is 11.6. The molecule has 0 amide bonds. The topological polar surface area (TPSA) is 103 Å². The molecule has 1 saturated carbocycles. The van der Waals surface area contributed by atoms with Gasteiger partial charge >= 0.3 is 5.97 Å². The first kappa shape index (κ1) is 24.0. The number of fused-ring (bicyclic) bond motifs is 1. The summed E-state index contributed by atoms with van der Waals surface area (Å²) >= 11 is 0. The van der Waals surface area contributed by atoms with Gasteiger partial charge in [0.1, 0.15) is 35.0 Å². The highest BCUT2D eigenvalue weighted by Gasteiger charge is 2.29. The Hall–Kier alpha value is -3.17. The zero-order chi connectivity index (χ0) is 24.4. The highest BCUT2D eigenvalue weighted by molar-refractivity contribution is 6.01. The minimum atomic E-state index is -1.26. The van der Waals surface area contributed by atoms with Crippen molar-refractivity contribution in [1.29, 1.82) is 0 Å². The Morgan fingerprint density at radius 2 is 1.82 bits per heavy atom. The molecule has 3 aromatic rings. The van der Waals surface area contributed by atoms with Gasteiger partial charge in [0.2, 0.25) is 0 Å². The molecule has 2 atom stereocenters. The van der Waals surface area contributed by atoms with Crippen LogP contribution >= 0.6 is 0 Å². The average molecular weight is 473 g/mol. The average Bonchev–Trinajstić information content (AvgIpc) is 3.47. The number of rotatable bonds is 9. The van der Waals surface area contributed by atoms with Gasteiger partial charge in [-0.15, -0.1) is 0 Å². The number of hydrogen-bond donors (Lipinski definition) is 2. The van der Waals surface area contributed by atoms with Gasteiger partial charge in [0, 0.05) is 17.1 Å². The van der Waals surface area contributed by atoms with E-state index in [2.05, 4.69) is 5.10 Å². The standard InChI is InChI=1S/C25H29FN2O6/c1-14-20(32-2)9-15(10-21(14)33-3)24(29)22(34-18-6-4-5-7-18)13-28-12-16-8-17(26)11-19(25(30)31)23(16)27-28/h8-12,18,22,24,29H,4-7,13H2,1-3H3,(H,30,31). The van der Waals surface area contributed by atoms with Gasteiger partial charge in [0.25, 0.3) is 0 Å². The van der Waals surface area contributed by atoms with Crippen LogP contribution in [0.3, 0.4) is 0 Å². The molecule has 0 spiro atoms. The molecule has 0 aliphatic heterocycles. The van der Waals surface area contributed by atoms with Crippen molar-refractivity contribution in [3.05, 3.63) is 53.0 Å². The number of carboxylic acids is 1. The fourth-order valence-electron chi connectivity index (χ4n) is 4.57. The van der Waals surface area contributed by atoms with Crippen LogP contribution < -0.4 is 9.47 Å². The smallest absolute Gasteiger partial charge is 0.338 e. The van der Waals surface area contributed by atoms with Gasteiger partial charge in [-0.05, 0) is 49.6 Å². The van der Waals surface area contributed by atoms with E-state index < -0.39 is 24.0 Å². The Balaban J connectivity index is 1.69. The summed E-state index contributed by atoms with van der Waals surface area (Å²) < 4.78 is 32.7. The first-order valence-corrected chi connectivity index (χ1v) is 11.3. The van der Waals surface area contributed by atoms with E-state index in [1.54, 1.807) is 32.5 Å².